The van der Waals surface area contributed by atoms with Crippen LogP contribution in [0.5, 0.6) is 0 Å². The summed E-state index contributed by atoms with van der Waals surface area (Å²) in [5.41, 5.74) is 1.27. The lowest BCUT2D eigenvalue weighted by molar-refractivity contribution is -0.146. The summed E-state index contributed by atoms with van der Waals surface area (Å²) < 4.78 is 5.15. The molecule has 7 heteroatoms. The van der Waals surface area contributed by atoms with Crippen LogP contribution in [-0.2, 0) is 20.7 Å². The van der Waals surface area contributed by atoms with Gasteiger partial charge in [-0.05, 0) is 44.1 Å². The molecule has 3 rings (SSSR count). The van der Waals surface area contributed by atoms with Gasteiger partial charge in [0.05, 0.1) is 24.0 Å². The number of esters is 1. The average Bonchev–Trinajstić information content (AvgIpc) is 3.26. The van der Waals surface area contributed by atoms with Gasteiger partial charge in [-0.2, -0.15) is 0 Å². The zero-order valence-electron chi connectivity index (χ0n) is 15.1. The van der Waals surface area contributed by atoms with Gasteiger partial charge < -0.3 is 15.2 Å². The van der Waals surface area contributed by atoms with Gasteiger partial charge in [0.25, 0.3) is 0 Å². The second-order valence-corrected chi connectivity index (χ2v) is 7.97. The first-order valence-corrected chi connectivity index (χ1v) is 9.72. The molecule has 1 aromatic rings. The third kappa shape index (κ3) is 3.05. The van der Waals surface area contributed by atoms with E-state index in [1.54, 1.807) is 6.92 Å². The standard InChI is InChI=1S/C19H23NO5S/c1-4-12-9(3)26-17(15(12)19(24)25-5-2)20-16(21)13-10-6-7-11(8-10)14(13)18(22)23/h6-7,10-11,13-14H,4-5,8H2,1-3H3,(H,20,21)(H,22,23)/t10-,11-,13-,14-/m0/s1. The Balaban J connectivity index is 1.89. The zero-order valence-corrected chi connectivity index (χ0v) is 15.9. The summed E-state index contributed by atoms with van der Waals surface area (Å²) in [6, 6.07) is 0. The normalized spacial score (nSPS) is 26.1. The van der Waals surface area contributed by atoms with Crippen molar-refractivity contribution in [1.82, 2.24) is 0 Å². The number of aryl methyl sites for hydroxylation is 1. The van der Waals surface area contributed by atoms with Crippen molar-refractivity contribution < 1.29 is 24.2 Å². The molecule has 2 bridgehead atoms. The number of rotatable bonds is 6. The lowest BCUT2D eigenvalue weighted by Crippen LogP contribution is -2.36. The zero-order chi connectivity index (χ0) is 19.0. The maximum absolute atomic E-state index is 12.9. The van der Waals surface area contributed by atoms with Crippen LogP contribution in [0.3, 0.4) is 0 Å². The number of carboxylic acids is 1. The van der Waals surface area contributed by atoms with Gasteiger partial charge >= 0.3 is 11.9 Å². The molecule has 1 amide bonds. The van der Waals surface area contributed by atoms with E-state index < -0.39 is 23.8 Å². The fraction of sp³-hybridized carbons (Fsp3) is 0.526. The molecule has 4 atom stereocenters. The number of fused-ring (bicyclic) bond motifs is 2. The summed E-state index contributed by atoms with van der Waals surface area (Å²) in [6.45, 7) is 5.84. The van der Waals surface area contributed by atoms with E-state index in [1.165, 1.54) is 11.3 Å². The lowest BCUT2D eigenvalue weighted by Gasteiger charge is -2.23. The minimum Gasteiger partial charge on any atom is -0.481 e. The lowest BCUT2D eigenvalue weighted by atomic mass is 9.82. The quantitative estimate of drug-likeness (QED) is 0.586. The van der Waals surface area contributed by atoms with E-state index >= 15 is 0 Å². The van der Waals surface area contributed by atoms with E-state index in [-0.39, 0.29) is 24.3 Å². The van der Waals surface area contributed by atoms with E-state index in [0.717, 1.165) is 10.4 Å². The van der Waals surface area contributed by atoms with Crippen molar-refractivity contribution in [2.24, 2.45) is 23.7 Å². The number of hydrogen-bond acceptors (Lipinski definition) is 5. The van der Waals surface area contributed by atoms with Crippen LogP contribution in [0, 0.1) is 30.6 Å². The van der Waals surface area contributed by atoms with Gasteiger partial charge in [-0.25, -0.2) is 4.79 Å². The Kier molecular flexibility index (Phi) is 5.18. The first-order valence-electron chi connectivity index (χ1n) is 8.90. The fourth-order valence-electron chi connectivity index (χ4n) is 4.22. The molecular weight excluding hydrogens is 354 g/mol. The van der Waals surface area contributed by atoms with Crippen LogP contribution < -0.4 is 5.32 Å². The Hall–Kier alpha value is -2.15. The van der Waals surface area contributed by atoms with E-state index in [1.807, 2.05) is 26.0 Å². The maximum atomic E-state index is 12.9. The fourth-order valence-corrected chi connectivity index (χ4v) is 5.36. The van der Waals surface area contributed by atoms with Gasteiger partial charge in [-0.1, -0.05) is 19.1 Å². The summed E-state index contributed by atoms with van der Waals surface area (Å²) >= 11 is 1.34. The summed E-state index contributed by atoms with van der Waals surface area (Å²) in [4.78, 5) is 37.9. The van der Waals surface area contributed by atoms with Gasteiger partial charge in [0.1, 0.15) is 5.00 Å². The van der Waals surface area contributed by atoms with Crippen molar-refractivity contribution in [1.29, 1.82) is 0 Å². The first-order chi connectivity index (χ1) is 12.4. The SMILES string of the molecule is CCOC(=O)c1c(NC(=O)[C@@H]2[C@@H](C(=O)O)[C@H]3C=C[C@H]2C3)sc(C)c1CC. The van der Waals surface area contributed by atoms with Crippen molar-refractivity contribution in [3.05, 3.63) is 28.2 Å². The van der Waals surface area contributed by atoms with Crippen LogP contribution in [0.25, 0.3) is 0 Å². The molecule has 1 aromatic heterocycles. The van der Waals surface area contributed by atoms with E-state index in [0.29, 0.717) is 23.4 Å². The van der Waals surface area contributed by atoms with E-state index in [4.69, 9.17) is 4.74 Å². The van der Waals surface area contributed by atoms with Crippen LogP contribution in [0.2, 0.25) is 0 Å². The number of allylic oxidation sites excluding steroid dienone is 2. The summed E-state index contributed by atoms with van der Waals surface area (Å²) in [7, 11) is 0. The van der Waals surface area contributed by atoms with E-state index in [2.05, 4.69) is 5.32 Å². The second-order valence-electron chi connectivity index (χ2n) is 6.74. The molecule has 140 valence electrons. The Bertz CT molecular complexity index is 781. The number of carbonyl (C=O) groups is 3. The predicted molar refractivity (Wildman–Crippen MR) is 98.4 cm³/mol. The van der Waals surface area contributed by atoms with Gasteiger partial charge in [0.2, 0.25) is 5.91 Å². The molecule has 0 radical (unpaired) electrons. The molecule has 0 saturated heterocycles. The molecule has 1 fully saturated rings. The van der Waals surface area contributed by atoms with Crippen molar-refractivity contribution in [2.45, 2.75) is 33.6 Å². The van der Waals surface area contributed by atoms with Crippen LogP contribution in [-0.4, -0.2) is 29.6 Å². The molecule has 0 aromatic carbocycles. The molecule has 0 unspecified atom stereocenters. The van der Waals surface area contributed by atoms with Gasteiger partial charge in [-0.15, -0.1) is 11.3 Å². The van der Waals surface area contributed by atoms with Crippen LogP contribution in [0.4, 0.5) is 5.00 Å². The second kappa shape index (κ2) is 7.23. The summed E-state index contributed by atoms with van der Waals surface area (Å²) in [6.07, 6.45) is 5.20. The predicted octanol–water partition coefficient (Wildman–Crippen LogP) is 3.26. The number of carbonyl (C=O) groups excluding carboxylic acids is 2. The van der Waals surface area contributed by atoms with E-state index in [9.17, 15) is 19.5 Å². The number of amides is 1. The molecule has 0 spiro atoms. The van der Waals surface area contributed by atoms with Crippen molar-refractivity contribution in [3.8, 4) is 0 Å². The molecule has 1 saturated carbocycles. The highest BCUT2D eigenvalue weighted by atomic mass is 32.1. The van der Waals surface area contributed by atoms with Crippen LogP contribution in [0.1, 0.15) is 41.1 Å². The van der Waals surface area contributed by atoms with Crippen molar-refractivity contribution in [3.63, 3.8) is 0 Å². The number of hydrogen-bond donors (Lipinski definition) is 2. The number of ether oxygens (including phenoxy) is 1. The number of aliphatic carboxylic acids is 1. The third-order valence-electron chi connectivity index (χ3n) is 5.33. The molecule has 26 heavy (non-hydrogen) atoms. The monoisotopic (exact) mass is 377 g/mol. The Morgan fingerprint density at radius 3 is 2.46 bits per heavy atom. The third-order valence-corrected chi connectivity index (χ3v) is 6.39. The summed E-state index contributed by atoms with van der Waals surface area (Å²) in [5.74, 6) is -3.18. The highest BCUT2D eigenvalue weighted by molar-refractivity contribution is 7.16. The highest BCUT2D eigenvalue weighted by Crippen LogP contribution is 2.48. The molecule has 2 aliphatic rings. The number of carboxylic acid groups (broad SMARTS) is 1. The van der Waals surface area contributed by atoms with Gasteiger partial charge in [0, 0.05) is 4.88 Å². The largest absolute Gasteiger partial charge is 0.481 e. The topological polar surface area (TPSA) is 92.7 Å². The number of thiophene rings is 1. The molecule has 2 N–H and O–H groups in total. The highest BCUT2D eigenvalue weighted by Gasteiger charge is 2.51. The Morgan fingerprint density at radius 2 is 1.88 bits per heavy atom. The summed E-state index contributed by atoms with van der Waals surface area (Å²) in [5, 5.41) is 12.8. The Labute approximate surface area is 156 Å². The minimum absolute atomic E-state index is 0.0566. The van der Waals surface area contributed by atoms with Crippen LogP contribution in [0.15, 0.2) is 12.2 Å². The maximum Gasteiger partial charge on any atom is 0.341 e. The molecular formula is C19H23NO5S. The number of anilines is 1. The van der Waals surface area contributed by atoms with Crippen molar-refractivity contribution in [2.75, 3.05) is 11.9 Å². The average molecular weight is 377 g/mol. The minimum atomic E-state index is -0.941. The molecule has 2 aliphatic carbocycles. The number of nitrogens with one attached hydrogen (secondary N) is 1. The van der Waals surface area contributed by atoms with Crippen LogP contribution >= 0.6 is 11.3 Å². The van der Waals surface area contributed by atoms with Crippen molar-refractivity contribution >= 4 is 34.2 Å². The molecule has 6 nitrogen and oxygen atoms in total. The Morgan fingerprint density at radius 1 is 1.23 bits per heavy atom. The first kappa shape index (κ1) is 18.6. The molecule has 1 heterocycles. The molecule has 0 aliphatic heterocycles. The smallest absolute Gasteiger partial charge is 0.341 e. The van der Waals surface area contributed by atoms with Gasteiger partial charge in [-0.3, -0.25) is 9.59 Å². The van der Waals surface area contributed by atoms with Gasteiger partial charge in [0.15, 0.2) is 0 Å².